The number of rotatable bonds is 1. The zero-order valence-corrected chi connectivity index (χ0v) is 14.7. The van der Waals surface area contributed by atoms with E-state index in [0.29, 0.717) is 17.8 Å². The highest BCUT2D eigenvalue weighted by Gasteiger charge is 2.62. The second kappa shape index (κ2) is 5.20. The minimum atomic E-state index is -0.665. The molecule has 0 aromatic rings. The second-order valence-corrected chi connectivity index (χ2v) is 9.15. The van der Waals surface area contributed by atoms with E-state index in [1.807, 2.05) is 6.08 Å². The fraction of sp³-hybridized carbons (Fsp3) is 0.810. The summed E-state index contributed by atoms with van der Waals surface area (Å²) in [5.41, 5.74) is 0.888. The molecule has 2 heteroatoms. The summed E-state index contributed by atoms with van der Waals surface area (Å²) in [5, 5.41) is 21.1. The van der Waals surface area contributed by atoms with E-state index in [0.717, 1.165) is 50.4 Å². The van der Waals surface area contributed by atoms with Crippen LogP contribution >= 0.6 is 0 Å². The van der Waals surface area contributed by atoms with E-state index in [2.05, 4.69) is 26.5 Å². The topological polar surface area (TPSA) is 40.5 Å². The van der Waals surface area contributed by atoms with Gasteiger partial charge in [0.2, 0.25) is 0 Å². The van der Waals surface area contributed by atoms with E-state index in [1.165, 1.54) is 12.0 Å². The van der Waals surface area contributed by atoms with Crippen molar-refractivity contribution in [2.75, 3.05) is 0 Å². The molecular formula is C21H32O2. The van der Waals surface area contributed by atoms with Crippen LogP contribution in [-0.2, 0) is 0 Å². The van der Waals surface area contributed by atoms with Gasteiger partial charge in [-0.1, -0.05) is 31.6 Å². The molecule has 0 bridgehead atoms. The standard InChI is InChI=1S/C21H32O2/c1-4-21(23)10-8-18-19-13(2)11-14-12-15(22)5-6-16(14)17(19)7-9-20(18,21)3/h4,12-13,15-19,22-23H,1,5-11H2,2-3H3/t13-,15+,16?,17?,18?,19?,20+,21+/m1/s1. The maximum absolute atomic E-state index is 11.1. The Morgan fingerprint density at radius 1 is 1.22 bits per heavy atom. The first-order chi connectivity index (χ1) is 10.9. The zero-order chi connectivity index (χ0) is 16.4. The van der Waals surface area contributed by atoms with Crippen LogP contribution in [0.3, 0.4) is 0 Å². The predicted molar refractivity (Wildman–Crippen MR) is 92.8 cm³/mol. The maximum atomic E-state index is 11.1. The molecule has 2 N–H and O–H groups in total. The molecule has 3 saturated carbocycles. The van der Waals surface area contributed by atoms with E-state index in [1.54, 1.807) is 0 Å². The number of hydrogen-bond acceptors (Lipinski definition) is 2. The van der Waals surface area contributed by atoms with Crippen LogP contribution in [0, 0.1) is 35.0 Å². The van der Waals surface area contributed by atoms with Crippen molar-refractivity contribution in [2.45, 2.75) is 70.5 Å². The maximum Gasteiger partial charge on any atom is 0.0881 e. The lowest BCUT2D eigenvalue weighted by atomic mass is 9.48. The molecule has 4 aliphatic rings. The van der Waals surface area contributed by atoms with Crippen LogP contribution in [0.5, 0.6) is 0 Å². The normalized spacial score (nSPS) is 55.4. The molecule has 4 unspecified atom stereocenters. The van der Waals surface area contributed by atoms with E-state index < -0.39 is 5.60 Å². The number of allylic oxidation sites excluding steroid dienone is 1. The van der Waals surface area contributed by atoms with Crippen molar-refractivity contribution < 1.29 is 10.2 Å². The molecule has 0 aliphatic heterocycles. The van der Waals surface area contributed by atoms with Gasteiger partial charge >= 0.3 is 0 Å². The van der Waals surface area contributed by atoms with Gasteiger partial charge in [-0.15, -0.1) is 6.58 Å². The Hall–Kier alpha value is -0.600. The monoisotopic (exact) mass is 316 g/mol. The van der Waals surface area contributed by atoms with Gasteiger partial charge in [-0.2, -0.15) is 0 Å². The first-order valence-electron chi connectivity index (χ1n) is 9.64. The Labute approximate surface area is 140 Å². The summed E-state index contributed by atoms with van der Waals surface area (Å²) >= 11 is 0. The third-order valence-corrected chi connectivity index (χ3v) is 8.33. The summed E-state index contributed by atoms with van der Waals surface area (Å²) in [7, 11) is 0. The van der Waals surface area contributed by atoms with Crippen LogP contribution in [-0.4, -0.2) is 21.9 Å². The summed E-state index contributed by atoms with van der Waals surface area (Å²) in [6.45, 7) is 8.69. The van der Waals surface area contributed by atoms with Gasteiger partial charge in [-0.25, -0.2) is 0 Å². The van der Waals surface area contributed by atoms with E-state index >= 15 is 0 Å². The Balaban J connectivity index is 1.68. The lowest BCUT2D eigenvalue weighted by Gasteiger charge is -2.57. The molecule has 0 aromatic carbocycles. The van der Waals surface area contributed by atoms with Crippen LogP contribution in [0.25, 0.3) is 0 Å². The van der Waals surface area contributed by atoms with Gasteiger partial charge in [-0.05, 0) is 74.5 Å². The molecule has 0 saturated heterocycles. The molecule has 23 heavy (non-hydrogen) atoms. The number of aliphatic hydroxyl groups is 2. The SMILES string of the molecule is C=C[C@]1(O)CCC2C3C(CC[C@@]21C)C1CC[C@H](O)C=C1C[C@H]3C. The van der Waals surface area contributed by atoms with Crippen LogP contribution in [0.2, 0.25) is 0 Å². The van der Waals surface area contributed by atoms with Crippen molar-refractivity contribution in [3.05, 3.63) is 24.3 Å². The third kappa shape index (κ3) is 2.07. The summed E-state index contributed by atoms with van der Waals surface area (Å²) in [6.07, 6.45) is 11.4. The van der Waals surface area contributed by atoms with Crippen LogP contribution < -0.4 is 0 Å². The van der Waals surface area contributed by atoms with Gasteiger partial charge < -0.3 is 10.2 Å². The average molecular weight is 316 g/mol. The average Bonchev–Trinajstić information content (AvgIpc) is 2.79. The van der Waals surface area contributed by atoms with E-state index in [4.69, 9.17) is 0 Å². The molecular weight excluding hydrogens is 284 g/mol. The zero-order valence-electron chi connectivity index (χ0n) is 14.7. The fourth-order valence-corrected chi connectivity index (χ4v) is 7.11. The molecule has 0 amide bonds. The second-order valence-electron chi connectivity index (χ2n) is 9.15. The first kappa shape index (κ1) is 15.9. The molecule has 4 aliphatic carbocycles. The van der Waals surface area contributed by atoms with Crippen molar-refractivity contribution in [1.29, 1.82) is 0 Å². The third-order valence-electron chi connectivity index (χ3n) is 8.33. The summed E-state index contributed by atoms with van der Waals surface area (Å²) in [4.78, 5) is 0. The van der Waals surface area contributed by atoms with Gasteiger partial charge in [0.1, 0.15) is 0 Å². The van der Waals surface area contributed by atoms with Crippen molar-refractivity contribution in [3.63, 3.8) is 0 Å². The molecule has 128 valence electrons. The fourth-order valence-electron chi connectivity index (χ4n) is 7.11. The molecule has 0 radical (unpaired) electrons. The summed E-state index contributed by atoms with van der Waals surface area (Å²) in [6, 6.07) is 0. The molecule has 0 spiro atoms. The first-order valence-corrected chi connectivity index (χ1v) is 9.64. The lowest BCUT2D eigenvalue weighted by Crippen LogP contribution is -2.53. The highest BCUT2D eigenvalue weighted by atomic mass is 16.3. The van der Waals surface area contributed by atoms with Crippen molar-refractivity contribution in [3.8, 4) is 0 Å². The van der Waals surface area contributed by atoms with Crippen LogP contribution in [0.1, 0.15) is 58.8 Å². The minimum Gasteiger partial charge on any atom is -0.389 e. The summed E-state index contributed by atoms with van der Waals surface area (Å²) < 4.78 is 0. The van der Waals surface area contributed by atoms with Crippen LogP contribution in [0.15, 0.2) is 24.3 Å². The highest BCUT2D eigenvalue weighted by Crippen LogP contribution is 2.66. The van der Waals surface area contributed by atoms with E-state index in [9.17, 15) is 10.2 Å². The van der Waals surface area contributed by atoms with Crippen molar-refractivity contribution >= 4 is 0 Å². The molecule has 4 rings (SSSR count). The summed E-state index contributed by atoms with van der Waals surface area (Å²) in [5.74, 6) is 3.50. The quantitative estimate of drug-likeness (QED) is 0.716. The van der Waals surface area contributed by atoms with E-state index in [-0.39, 0.29) is 11.5 Å². The molecule has 0 aromatic heterocycles. The Morgan fingerprint density at radius 3 is 2.74 bits per heavy atom. The minimum absolute atomic E-state index is 0.0135. The van der Waals surface area contributed by atoms with Crippen molar-refractivity contribution in [2.24, 2.45) is 35.0 Å². The molecule has 0 heterocycles. The molecule has 8 atom stereocenters. The number of hydrogen-bond donors (Lipinski definition) is 2. The Bertz CT molecular complexity index is 538. The van der Waals surface area contributed by atoms with Gasteiger partial charge in [0.05, 0.1) is 11.7 Å². The van der Waals surface area contributed by atoms with Crippen molar-refractivity contribution in [1.82, 2.24) is 0 Å². The number of fused-ring (bicyclic) bond motifs is 5. The van der Waals surface area contributed by atoms with Gasteiger partial charge in [0, 0.05) is 5.41 Å². The van der Waals surface area contributed by atoms with Gasteiger partial charge in [-0.3, -0.25) is 0 Å². The van der Waals surface area contributed by atoms with Crippen LogP contribution in [0.4, 0.5) is 0 Å². The smallest absolute Gasteiger partial charge is 0.0881 e. The Kier molecular flexibility index (Phi) is 3.59. The Morgan fingerprint density at radius 2 is 2.00 bits per heavy atom. The molecule has 3 fully saturated rings. The largest absolute Gasteiger partial charge is 0.389 e. The number of aliphatic hydroxyl groups excluding tert-OH is 1. The van der Waals surface area contributed by atoms with Gasteiger partial charge in [0.25, 0.3) is 0 Å². The lowest BCUT2D eigenvalue weighted by molar-refractivity contribution is -0.103. The van der Waals surface area contributed by atoms with Gasteiger partial charge in [0.15, 0.2) is 0 Å². The molecule has 2 nitrogen and oxygen atoms in total. The highest BCUT2D eigenvalue weighted by molar-refractivity contribution is 5.24. The predicted octanol–water partition coefficient (Wildman–Crippen LogP) is 4.08.